The van der Waals surface area contributed by atoms with Crippen molar-refractivity contribution in [1.82, 2.24) is 15.1 Å². The van der Waals surface area contributed by atoms with Crippen molar-refractivity contribution < 1.29 is 9.59 Å². The molecular weight excluding hydrogens is 412 g/mol. The number of carbonyl (C=O) groups is 2. The van der Waals surface area contributed by atoms with E-state index in [1.165, 1.54) is 6.92 Å². The number of hydrogen-bond donors (Lipinski definition) is 2. The lowest BCUT2D eigenvalue weighted by Gasteiger charge is -2.08. The third kappa shape index (κ3) is 5.74. The predicted octanol–water partition coefficient (Wildman–Crippen LogP) is 4.80. The molecule has 166 valence electrons. The molecule has 2 N–H and O–H groups in total. The number of nitrogens with one attached hydrogen (secondary N) is 2. The predicted molar refractivity (Wildman–Crippen MR) is 130 cm³/mol. The lowest BCUT2D eigenvalue weighted by atomic mass is 10.1. The molecule has 6 heteroatoms. The molecule has 0 aliphatic heterocycles. The summed E-state index contributed by atoms with van der Waals surface area (Å²) in [5.74, 6) is -0.334. The van der Waals surface area contributed by atoms with E-state index in [1.807, 2.05) is 85.8 Å². The molecule has 4 rings (SSSR count). The van der Waals surface area contributed by atoms with Gasteiger partial charge in [-0.25, -0.2) is 0 Å². The van der Waals surface area contributed by atoms with Crippen LogP contribution in [0.15, 0.2) is 85.1 Å². The summed E-state index contributed by atoms with van der Waals surface area (Å²) in [5.41, 5.74) is 5.91. The zero-order valence-electron chi connectivity index (χ0n) is 18.7. The summed E-state index contributed by atoms with van der Waals surface area (Å²) in [7, 11) is 0. The van der Waals surface area contributed by atoms with Crippen LogP contribution in [-0.2, 0) is 17.9 Å². The molecule has 6 nitrogen and oxygen atoms in total. The van der Waals surface area contributed by atoms with Crippen LogP contribution in [0.4, 0.5) is 5.69 Å². The zero-order chi connectivity index (χ0) is 23.2. The number of nitrogens with zero attached hydrogens (tertiary/aromatic N) is 2. The minimum atomic E-state index is -0.199. The maximum atomic E-state index is 13.2. The average Bonchev–Trinajstić information content (AvgIpc) is 3.22. The highest BCUT2D eigenvalue weighted by Gasteiger charge is 2.18. The second kappa shape index (κ2) is 9.96. The Morgan fingerprint density at radius 3 is 2.36 bits per heavy atom. The first-order chi connectivity index (χ1) is 16.0. The molecule has 0 saturated carbocycles. The number of rotatable bonds is 7. The van der Waals surface area contributed by atoms with Gasteiger partial charge in [0.15, 0.2) is 0 Å². The van der Waals surface area contributed by atoms with Crippen LogP contribution in [0.1, 0.15) is 34.0 Å². The summed E-state index contributed by atoms with van der Waals surface area (Å²) < 4.78 is 1.80. The van der Waals surface area contributed by atoms with Gasteiger partial charge in [0.1, 0.15) is 5.69 Å². The molecule has 0 saturated heterocycles. The Bertz CT molecular complexity index is 1260. The molecular formula is C27H26N4O2. The number of benzene rings is 3. The molecule has 1 heterocycles. The summed E-state index contributed by atoms with van der Waals surface area (Å²) in [5, 5.41) is 10.5. The van der Waals surface area contributed by atoms with Crippen LogP contribution in [0.5, 0.6) is 0 Å². The fourth-order valence-corrected chi connectivity index (χ4v) is 3.60. The summed E-state index contributed by atoms with van der Waals surface area (Å²) in [4.78, 5) is 24.5. The first kappa shape index (κ1) is 22.0. The van der Waals surface area contributed by atoms with E-state index in [4.69, 9.17) is 5.10 Å². The normalized spacial score (nSPS) is 10.6. The average molecular weight is 439 g/mol. The Hall–Kier alpha value is -4.19. The van der Waals surface area contributed by atoms with E-state index < -0.39 is 0 Å². The van der Waals surface area contributed by atoms with Gasteiger partial charge in [-0.3, -0.25) is 14.3 Å². The van der Waals surface area contributed by atoms with E-state index in [2.05, 4.69) is 10.6 Å². The SMILES string of the molecule is CC(=O)Nc1cccc(CNC(=O)c2cn(Cc3ccccc3)nc2-c2ccc(C)cc2)c1. The molecule has 0 aliphatic carbocycles. The van der Waals surface area contributed by atoms with Gasteiger partial charge in [0.25, 0.3) is 5.91 Å². The fraction of sp³-hybridized carbons (Fsp3) is 0.148. The van der Waals surface area contributed by atoms with Crippen molar-refractivity contribution >= 4 is 17.5 Å². The number of hydrogen-bond acceptors (Lipinski definition) is 3. The molecule has 33 heavy (non-hydrogen) atoms. The van der Waals surface area contributed by atoms with Crippen LogP contribution in [0.2, 0.25) is 0 Å². The maximum Gasteiger partial charge on any atom is 0.255 e. The van der Waals surface area contributed by atoms with Crippen molar-refractivity contribution in [2.24, 2.45) is 0 Å². The molecule has 4 aromatic rings. The maximum absolute atomic E-state index is 13.2. The van der Waals surface area contributed by atoms with Gasteiger partial charge in [-0.1, -0.05) is 72.3 Å². The molecule has 0 atom stereocenters. The number of aromatic nitrogens is 2. The van der Waals surface area contributed by atoms with Crippen molar-refractivity contribution in [3.8, 4) is 11.3 Å². The van der Waals surface area contributed by atoms with Gasteiger partial charge >= 0.3 is 0 Å². The zero-order valence-corrected chi connectivity index (χ0v) is 18.7. The van der Waals surface area contributed by atoms with Gasteiger partial charge in [0.05, 0.1) is 12.1 Å². The Kier molecular flexibility index (Phi) is 6.64. The standard InChI is InChI=1S/C27H26N4O2/c1-19-11-13-23(14-12-19)26-25(18-31(30-26)17-21-7-4-3-5-8-21)27(33)28-16-22-9-6-10-24(15-22)29-20(2)32/h3-15,18H,16-17H2,1-2H3,(H,28,33)(H,29,32). The molecule has 0 bridgehead atoms. The number of amides is 2. The highest BCUT2D eigenvalue weighted by Crippen LogP contribution is 2.23. The van der Waals surface area contributed by atoms with Crippen LogP contribution < -0.4 is 10.6 Å². The Labute approximate surface area is 193 Å². The van der Waals surface area contributed by atoms with Crippen LogP contribution in [0.3, 0.4) is 0 Å². The van der Waals surface area contributed by atoms with E-state index in [-0.39, 0.29) is 11.8 Å². The smallest absolute Gasteiger partial charge is 0.255 e. The minimum Gasteiger partial charge on any atom is -0.348 e. The summed E-state index contributed by atoms with van der Waals surface area (Å²) >= 11 is 0. The van der Waals surface area contributed by atoms with E-state index in [0.29, 0.717) is 30.0 Å². The number of anilines is 1. The van der Waals surface area contributed by atoms with Gasteiger partial charge in [0, 0.05) is 30.9 Å². The Balaban J connectivity index is 1.57. The van der Waals surface area contributed by atoms with Crippen molar-refractivity contribution in [1.29, 1.82) is 0 Å². The molecule has 0 spiro atoms. The van der Waals surface area contributed by atoms with Gasteiger partial charge in [-0.2, -0.15) is 5.10 Å². The first-order valence-corrected chi connectivity index (χ1v) is 10.8. The van der Waals surface area contributed by atoms with Gasteiger partial charge in [0.2, 0.25) is 5.91 Å². The lowest BCUT2D eigenvalue weighted by Crippen LogP contribution is -2.23. The Morgan fingerprint density at radius 2 is 1.64 bits per heavy atom. The number of aryl methyl sites for hydroxylation is 1. The fourth-order valence-electron chi connectivity index (χ4n) is 3.60. The van der Waals surface area contributed by atoms with Crippen LogP contribution >= 0.6 is 0 Å². The molecule has 0 aliphatic rings. The van der Waals surface area contributed by atoms with Gasteiger partial charge in [-0.15, -0.1) is 0 Å². The molecule has 2 amide bonds. The largest absolute Gasteiger partial charge is 0.348 e. The lowest BCUT2D eigenvalue weighted by molar-refractivity contribution is -0.114. The second-order valence-electron chi connectivity index (χ2n) is 8.00. The summed E-state index contributed by atoms with van der Waals surface area (Å²) in [6.45, 7) is 4.41. The minimum absolute atomic E-state index is 0.134. The van der Waals surface area contributed by atoms with Crippen molar-refractivity contribution in [3.63, 3.8) is 0 Å². The topological polar surface area (TPSA) is 76.0 Å². The van der Waals surface area contributed by atoms with E-state index >= 15 is 0 Å². The highest BCUT2D eigenvalue weighted by molar-refractivity contribution is 5.99. The second-order valence-corrected chi connectivity index (χ2v) is 8.00. The molecule has 0 fully saturated rings. The van der Waals surface area contributed by atoms with Crippen molar-refractivity contribution in [3.05, 3.63) is 107 Å². The van der Waals surface area contributed by atoms with Crippen LogP contribution in [0.25, 0.3) is 11.3 Å². The molecule has 0 radical (unpaired) electrons. The summed E-state index contributed by atoms with van der Waals surface area (Å²) in [6, 6.07) is 25.4. The van der Waals surface area contributed by atoms with Gasteiger partial charge in [-0.05, 0) is 30.2 Å². The third-order valence-electron chi connectivity index (χ3n) is 5.22. The number of carbonyl (C=O) groups excluding carboxylic acids is 2. The van der Waals surface area contributed by atoms with Crippen LogP contribution in [0, 0.1) is 6.92 Å². The third-order valence-corrected chi connectivity index (χ3v) is 5.22. The Morgan fingerprint density at radius 1 is 0.909 bits per heavy atom. The van der Waals surface area contributed by atoms with Crippen molar-refractivity contribution in [2.45, 2.75) is 26.9 Å². The monoisotopic (exact) mass is 438 g/mol. The van der Waals surface area contributed by atoms with E-state index in [1.54, 1.807) is 10.9 Å². The molecule has 0 unspecified atom stereocenters. The van der Waals surface area contributed by atoms with E-state index in [9.17, 15) is 9.59 Å². The molecule has 3 aromatic carbocycles. The first-order valence-electron chi connectivity index (χ1n) is 10.8. The quantitative estimate of drug-likeness (QED) is 0.435. The van der Waals surface area contributed by atoms with Crippen LogP contribution in [-0.4, -0.2) is 21.6 Å². The molecule has 1 aromatic heterocycles. The summed E-state index contributed by atoms with van der Waals surface area (Å²) in [6.07, 6.45) is 1.80. The highest BCUT2D eigenvalue weighted by atomic mass is 16.2. The van der Waals surface area contributed by atoms with Gasteiger partial charge < -0.3 is 10.6 Å². The van der Waals surface area contributed by atoms with Crippen molar-refractivity contribution in [2.75, 3.05) is 5.32 Å². The van der Waals surface area contributed by atoms with E-state index in [0.717, 1.165) is 22.3 Å².